The maximum absolute atomic E-state index is 11.8. The number of aryl methyl sites for hydroxylation is 1. The molecule has 0 radical (unpaired) electrons. The van der Waals surface area contributed by atoms with Crippen molar-refractivity contribution >= 4 is 16.0 Å². The van der Waals surface area contributed by atoms with Crippen LogP contribution in [0.3, 0.4) is 0 Å². The van der Waals surface area contributed by atoms with Crippen molar-refractivity contribution in [1.82, 2.24) is 5.43 Å². The van der Waals surface area contributed by atoms with E-state index in [1.54, 1.807) is 0 Å². The van der Waals surface area contributed by atoms with Gasteiger partial charge in [0.25, 0.3) is 0 Å². The maximum Gasteiger partial charge on any atom is 0.523 e. The van der Waals surface area contributed by atoms with E-state index in [0.29, 0.717) is 7.11 Å². The van der Waals surface area contributed by atoms with Crippen LogP contribution in [0.5, 0.6) is 0 Å². The van der Waals surface area contributed by atoms with Crippen LogP contribution < -0.4 is 11.3 Å². The Morgan fingerprint density at radius 2 is 1.75 bits per heavy atom. The largest absolute Gasteiger partial charge is 0.523 e. The molecular formula is C14H19F3N2O4S. The fourth-order valence-electron chi connectivity index (χ4n) is 2.28. The Morgan fingerprint density at radius 1 is 1.25 bits per heavy atom. The van der Waals surface area contributed by atoms with E-state index >= 15 is 0 Å². The van der Waals surface area contributed by atoms with Crippen LogP contribution in [-0.2, 0) is 24.5 Å². The van der Waals surface area contributed by atoms with Crippen molar-refractivity contribution in [2.24, 2.45) is 5.84 Å². The summed E-state index contributed by atoms with van der Waals surface area (Å²) < 4.78 is 55.9. The standard InChI is InChI=1S/C12H16N2O.C2H3F3O3S/c1-9-3-5-10(6-4-9)12(7-2-8-12)11(15)14-13;1-8-9(6,7)2(3,4)5/h3-6H,2,7-8,13H2,1H3,(H,14,15);1H3. The van der Waals surface area contributed by atoms with Crippen LogP contribution in [0.2, 0.25) is 0 Å². The zero-order valence-corrected chi connectivity index (χ0v) is 14.0. The Kier molecular flexibility index (Phi) is 6.37. The number of hydrogen-bond acceptors (Lipinski definition) is 5. The number of nitrogens with one attached hydrogen (secondary N) is 1. The third-order valence-electron chi connectivity index (χ3n) is 3.88. The van der Waals surface area contributed by atoms with E-state index in [0.717, 1.165) is 24.8 Å². The van der Waals surface area contributed by atoms with Gasteiger partial charge in [0.2, 0.25) is 5.91 Å². The zero-order chi connectivity index (χ0) is 18.6. The summed E-state index contributed by atoms with van der Waals surface area (Å²) in [6.07, 6.45) is 2.90. The fraction of sp³-hybridized carbons (Fsp3) is 0.500. The minimum Gasteiger partial charge on any atom is -0.293 e. The first kappa shape index (κ1) is 20.4. The number of benzene rings is 1. The first-order valence-electron chi connectivity index (χ1n) is 6.95. The van der Waals surface area contributed by atoms with Crippen LogP contribution >= 0.6 is 0 Å². The van der Waals surface area contributed by atoms with Crippen LogP contribution in [0.15, 0.2) is 24.3 Å². The molecule has 1 saturated carbocycles. The molecule has 0 atom stereocenters. The van der Waals surface area contributed by atoms with Gasteiger partial charge in [-0.1, -0.05) is 36.2 Å². The number of carbonyl (C=O) groups excluding carboxylic acids is 1. The summed E-state index contributed by atoms with van der Waals surface area (Å²) in [7, 11) is -4.89. The molecule has 1 aliphatic rings. The lowest BCUT2D eigenvalue weighted by Crippen LogP contribution is -2.51. The zero-order valence-electron chi connectivity index (χ0n) is 13.2. The molecular weight excluding hydrogens is 349 g/mol. The highest BCUT2D eigenvalue weighted by Crippen LogP contribution is 2.43. The van der Waals surface area contributed by atoms with E-state index in [9.17, 15) is 26.4 Å². The molecule has 10 heteroatoms. The number of nitrogens with two attached hydrogens (primary N) is 1. The summed E-state index contributed by atoms with van der Waals surface area (Å²) in [5, 5.41) is 0. The van der Waals surface area contributed by atoms with Crippen molar-refractivity contribution in [3.63, 3.8) is 0 Å². The third kappa shape index (κ3) is 4.25. The van der Waals surface area contributed by atoms with Crippen molar-refractivity contribution in [1.29, 1.82) is 0 Å². The Morgan fingerprint density at radius 3 is 2.00 bits per heavy atom. The van der Waals surface area contributed by atoms with E-state index in [1.807, 2.05) is 31.2 Å². The predicted molar refractivity (Wildman–Crippen MR) is 81.0 cm³/mol. The predicted octanol–water partition coefficient (Wildman–Crippen LogP) is 1.89. The van der Waals surface area contributed by atoms with E-state index in [-0.39, 0.29) is 11.3 Å². The van der Waals surface area contributed by atoms with Gasteiger partial charge in [-0.25, -0.2) is 5.84 Å². The van der Waals surface area contributed by atoms with Crippen molar-refractivity contribution < 1.29 is 30.6 Å². The average Bonchev–Trinajstić information content (AvgIpc) is 2.47. The molecule has 2 rings (SSSR count). The molecule has 0 aliphatic heterocycles. The normalized spacial score (nSPS) is 16.4. The van der Waals surface area contributed by atoms with Gasteiger partial charge in [0.15, 0.2) is 0 Å². The number of carbonyl (C=O) groups is 1. The summed E-state index contributed by atoms with van der Waals surface area (Å²) in [4.78, 5) is 11.8. The third-order valence-corrected chi connectivity index (χ3v) is 4.89. The fourth-order valence-corrected chi connectivity index (χ4v) is 2.47. The monoisotopic (exact) mass is 368 g/mol. The second-order valence-electron chi connectivity index (χ2n) is 5.34. The van der Waals surface area contributed by atoms with E-state index in [1.165, 1.54) is 5.56 Å². The molecule has 1 aliphatic carbocycles. The molecule has 1 aromatic carbocycles. The average molecular weight is 368 g/mol. The molecule has 1 amide bonds. The van der Waals surface area contributed by atoms with Gasteiger partial charge in [-0.05, 0) is 25.3 Å². The number of hydrazine groups is 1. The Labute approximate surface area is 138 Å². The van der Waals surface area contributed by atoms with Gasteiger partial charge >= 0.3 is 15.6 Å². The van der Waals surface area contributed by atoms with Crippen LogP contribution in [0.1, 0.15) is 30.4 Å². The molecule has 1 fully saturated rings. The van der Waals surface area contributed by atoms with Gasteiger partial charge < -0.3 is 0 Å². The lowest BCUT2D eigenvalue weighted by atomic mass is 9.64. The van der Waals surface area contributed by atoms with Crippen molar-refractivity contribution in [3.8, 4) is 0 Å². The minimum absolute atomic E-state index is 0.0578. The molecule has 0 saturated heterocycles. The summed E-state index contributed by atoms with van der Waals surface area (Å²) >= 11 is 0. The molecule has 0 unspecified atom stereocenters. The van der Waals surface area contributed by atoms with Crippen LogP contribution in [0, 0.1) is 6.92 Å². The topological polar surface area (TPSA) is 98.5 Å². The summed E-state index contributed by atoms with van der Waals surface area (Å²) in [6, 6.07) is 8.14. The lowest BCUT2D eigenvalue weighted by Gasteiger charge is -2.40. The molecule has 0 heterocycles. The maximum atomic E-state index is 11.8. The first-order valence-corrected chi connectivity index (χ1v) is 8.36. The quantitative estimate of drug-likeness (QED) is 0.279. The van der Waals surface area contributed by atoms with Crippen molar-refractivity contribution in [2.75, 3.05) is 7.11 Å². The van der Waals surface area contributed by atoms with Crippen molar-refractivity contribution in [2.45, 2.75) is 37.1 Å². The van der Waals surface area contributed by atoms with E-state index < -0.39 is 15.6 Å². The highest BCUT2D eigenvalue weighted by molar-refractivity contribution is 7.87. The first-order chi connectivity index (χ1) is 11.0. The van der Waals surface area contributed by atoms with Gasteiger partial charge in [-0.2, -0.15) is 21.6 Å². The molecule has 0 aromatic heterocycles. The summed E-state index contributed by atoms with van der Waals surface area (Å²) in [5.74, 6) is 5.18. The molecule has 6 nitrogen and oxygen atoms in total. The van der Waals surface area contributed by atoms with Crippen LogP contribution in [-0.4, -0.2) is 26.9 Å². The molecule has 0 bridgehead atoms. The summed E-state index contributed by atoms with van der Waals surface area (Å²) in [5.41, 5.74) is -1.09. The van der Waals surface area contributed by atoms with Gasteiger partial charge in [0, 0.05) is 0 Å². The van der Waals surface area contributed by atoms with Gasteiger partial charge in [-0.3, -0.25) is 14.4 Å². The lowest BCUT2D eigenvalue weighted by molar-refractivity contribution is -0.130. The van der Waals surface area contributed by atoms with E-state index in [4.69, 9.17) is 5.84 Å². The second kappa shape index (κ2) is 7.49. The number of hydrogen-bond donors (Lipinski definition) is 2. The SMILES string of the molecule is COS(=O)(=O)C(F)(F)F.Cc1ccc(C2(C(=O)NN)CCC2)cc1. The molecule has 1 aromatic rings. The second-order valence-corrected chi connectivity index (χ2v) is 7.05. The number of halogens is 3. The summed E-state index contributed by atoms with van der Waals surface area (Å²) in [6.45, 7) is 2.04. The van der Waals surface area contributed by atoms with Gasteiger partial charge in [0.05, 0.1) is 12.5 Å². The number of amides is 1. The van der Waals surface area contributed by atoms with Crippen LogP contribution in [0.4, 0.5) is 13.2 Å². The number of alkyl halides is 3. The van der Waals surface area contributed by atoms with Gasteiger partial charge in [-0.15, -0.1) is 0 Å². The molecule has 3 N–H and O–H groups in total. The molecule has 0 spiro atoms. The Hall–Kier alpha value is -1.65. The van der Waals surface area contributed by atoms with Crippen LogP contribution in [0.25, 0.3) is 0 Å². The Balaban J connectivity index is 0.000000277. The Bertz CT molecular complexity index is 668. The highest BCUT2D eigenvalue weighted by Gasteiger charge is 2.46. The van der Waals surface area contributed by atoms with Gasteiger partial charge in [0.1, 0.15) is 0 Å². The van der Waals surface area contributed by atoms with E-state index in [2.05, 4.69) is 9.61 Å². The van der Waals surface area contributed by atoms with Crippen molar-refractivity contribution in [3.05, 3.63) is 35.4 Å². The molecule has 24 heavy (non-hydrogen) atoms. The highest BCUT2D eigenvalue weighted by atomic mass is 32.2. The number of rotatable bonds is 3. The minimum atomic E-state index is -5.34. The smallest absolute Gasteiger partial charge is 0.293 e. The molecule has 136 valence electrons.